The highest BCUT2D eigenvalue weighted by Crippen LogP contribution is 2.17. The molecule has 0 aliphatic carbocycles. The number of hydrogen-bond acceptors (Lipinski definition) is 2. The van der Waals surface area contributed by atoms with Crippen LogP contribution in [0.25, 0.3) is 0 Å². The van der Waals surface area contributed by atoms with Gasteiger partial charge in [-0.05, 0) is 45.2 Å². The lowest BCUT2D eigenvalue weighted by Crippen LogP contribution is -2.24. The average Bonchev–Trinajstić information content (AvgIpc) is 2.24. The van der Waals surface area contributed by atoms with Gasteiger partial charge in [-0.25, -0.2) is 4.79 Å². The third-order valence-electron chi connectivity index (χ3n) is 2.44. The lowest BCUT2D eigenvalue weighted by atomic mass is 10.0. The highest BCUT2D eigenvalue weighted by molar-refractivity contribution is 5.91. The van der Waals surface area contributed by atoms with E-state index < -0.39 is 5.60 Å². The number of esters is 1. The van der Waals surface area contributed by atoms with Crippen LogP contribution in [0.15, 0.2) is 24.3 Å². The van der Waals surface area contributed by atoms with Gasteiger partial charge in [-0.1, -0.05) is 31.5 Å². The summed E-state index contributed by atoms with van der Waals surface area (Å²) in [4.78, 5) is 12.0. The van der Waals surface area contributed by atoms with Gasteiger partial charge >= 0.3 is 5.97 Å². The van der Waals surface area contributed by atoms with Crippen LogP contribution in [-0.4, -0.2) is 11.6 Å². The van der Waals surface area contributed by atoms with Crippen LogP contribution in [0.3, 0.4) is 0 Å². The zero-order valence-electron chi connectivity index (χ0n) is 11.2. The number of ether oxygens (including phenoxy) is 1. The molecule has 0 atom stereocenters. The number of benzene rings is 1. The van der Waals surface area contributed by atoms with Crippen molar-refractivity contribution in [2.45, 2.75) is 52.6 Å². The SMILES string of the molecule is CCCCc1ccccc1C(=O)OC(C)(C)C. The molecule has 0 N–H and O–H groups in total. The first-order valence-electron chi connectivity index (χ1n) is 6.25. The van der Waals surface area contributed by atoms with Crippen LogP contribution in [0.1, 0.15) is 56.5 Å². The number of carbonyl (C=O) groups excluding carboxylic acids is 1. The first-order valence-corrected chi connectivity index (χ1v) is 6.25. The Bertz CT molecular complexity index is 375. The van der Waals surface area contributed by atoms with Gasteiger partial charge in [0.05, 0.1) is 5.56 Å². The fraction of sp³-hybridized carbons (Fsp3) is 0.533. The van der Waals surface area contributed by atoms with Crippen LogP contribution in [0.5, 0.6) is 0 Å². The molecule has 0 radical (unpaired) electrons. The van der Waals surface area contributed by atoms with Crippen molar-refractivity contribution in [3.05, 3.63) is 35.4 Å². The van der Waals surface area contributed by atoms with Crippen LogP contribution in [0.2, 0.25) is 0 Å². The first-order chi connectivity index (χ1) is 7.94. The van der Waals surface area contributed by atoms with E-state index in [1.165, 1.54) is 0 Å². The maximum Gasteiger partial charge on any atom is 0.338 e. The van der Waals surface area contributed by atoms with Crippen LogP contribution in [0, 0.1) is 0 Å². The van der Waals surface area contributed by atoms with Crippen LogP contribution in [-0.2, 0) is 11.2 Å². The largest absolute Gasteiger partial charge is 0.456 e. The summed E-state index contributed by atoms with van der Waals surface area (Å²) >= 11 is 0. The number of carbonyl (C=O) groups is 1. The molecule has 0 heterocycles. The Kier molecular flexibility index (Phi) is 4.73. The molecule has 1 aromatic rings. The van der Waals surface area contributed by atoms with Crippen molar-refractivity contribution in [3.8, 4) is 0 Å². The molecular weight excluding hydrogens is 212 g/mol. The Balaban J connectivity index is 2.85. The van der Waals surface area contributed by atoms with Crippen LogP contribution in [0.4, 0.5) is 0 Å². The predicted molar refractivity (Wildman–Crippen MR) is 70.2 cm³/mol. The fourth-order valence-electron chi connectivity index (χ4n) is 1.64. The van der Waals surface area contributed by atoms with Gasteiger partial charge in [0.25, 0.3) is 0 Å². The Hall–Kier alpha value is -1.31. The zero-order valence-corrected chi connectivity index (χ0v) is 11.2. The minimum absolute atomic E-state index is 0.218. The predicted octanol–water partition coefficient (Wildman–Crippen LogP) is 3.98. The molecule has 0 saturated carbocycles. The van der Waals surface area contributed by atoms with E-state index in [0.29, 0.717) is 5.56 Å². The maximum absolute atomic E-state index is 12.0. The molecule has 0 aliphatic rings. The minimum Gasteiger partial charge on any atom is -0.456 e. The summed E-state index contributed by atoms with van der Waals surface area (Å²) in [5.41, 5.74) is 1.36. The van der Waals surface area contributed by atoms with E-state index in [2.05, 4.69) is 6.92 Å². The minimum atomic E-state index is -0.436. The topological polar surface area (TPSA) is 26.3 Å². The molecule has 1 aromatic carbocycles. The fourth-order valence-corrected chi connectivity index (χ4v) is 1.64. The highest BCUT2D eigenvalue weighted by atomic mass is 16.6. The first kappa shape index (κ1) is 13.8. The molecular formula is C15H22O2. The standard InChI is InChI=1S/C15H22O2/c1-5-6-9-12-10-7-8-11-13(12)14(16)17-15(2,3)4/h7-8,10-11H,5-6,9H2,1-4H3. The summed E-state index contributed by atoms with van der Waals surface area (Å²) < 4.78 is 5.41. The van der Waals surface area contributed by atoms with Crippen molar-refractivity contribution in [1.82, 2.24) is 0 Å². The van der Waals surface area contributed by atoms with Gasteiger partial charge in [-0.2, -0.15) is 0 Å². The Morgan fingerprint density at radius 2 is 1.88 bits per heavy atom. The van der Waals surface area contributed by atoms with E-state index in [0.717, 1.165) is 24.8 Å². The van der Waals surface area contributed by atoms with Gasteiger partial charge < -0.3 is 4.74 Å². The average molecular weight is 234 g/mol. The second-order valence-electron chi connectivity index (χ2n) is 5.26. The highest BCUT2D eigenvalue weighted by Gasteiger charge is 2.19. The Morgan fingerprint density at radius 1 is 1.24 bits per heavy atom. The number of hydrogen-bond donors (Lipinski definition) is 0. The molecule has 1 rings (SSSR count). The van der Waals surface area contributed by atoms with E-state index >= 15 is 0 Å². The lowest BCUT2D eigenvalue weighted by molar-refractivity contribution is 0.00683. The number of unbranched alkanes of at least 4 members (excludes halogenated alkanes) is 1. The second kappa shape index (κ2) is 5.85. The second-order valence-corrected chi connectivity index (χ2v) is 5.26. The van der Waals surface area contributed by atoms with Crippen LogP contribution >= 0.6 is 0 Å². The molecule has 0 saturated heterocycles. The van der Waals surface area contributed by atoms with Crippen molar-refractivity contribution in [1.29, 1.82) is 0 Å². The van der Waals surface area contributed by atoms with Gasteiger partial charge in [0, 0.05) is 0 Å². The molecule has 0 aliphatic heterocycles. The normalized spacial score (nSPS) is 11.3. The smallest absolute Gasteiger partial charge is 0.338 e. The summed E-state index contributed by atoms with van der Waals surface area (Å²) in [6.07, 6.45) is 3.16. The van der Waals surface area contributed by atoms with Gasteiger partial charge in [0.2, 0.25) is 0 Å². The van der Waals surface area contributed by atoms with E-state index in [4.69, 9.17) is 4.74 Å². The van der Waals surface area contributed by atoms with Crippen molar-refractivity contribution < 1.29 is 9.53 Å². The van der Waals surface area contributed by atoms with Crippen molar-refractivity contribution in [2.24, 2.45) is 0 Å². The molecule has 0 spiro atoms. The molecule has 0 fully saturated rings. The summed E-state index contributed by atoms with van der Waals surface area (Å²) in [5.74, 6) is -0.218. The maximum atomic E-state index is 12.0. The summed E-state index contributed by atoms with van der Waals surface area (Å²) in [5, 5.41) is 0. The lowest BCUT2D eigenvalue weighted by Gasteiger charge is -2.20. The van der Waals surface area contributed by atoms with Crippen molar-refractivity contribution in [3.63, 3.8) is 0 Å². The number of aryl methyl sites for hydroxylation is 1. The number of rotatable bonds is 4. The van der Waals surface area contributed by atoms with Gasteiger partial charge in [-0.3, -0.25) is 0 Å². The van der Waals surface area contributed by atoms with E-state index in [1.54, 1.807) is 0 Å². The van der Waals surface area contributed by atoms with Gasteiger partial charge in [-0.15, -0.1) is 0 Å². The summed E-state index contributed by atoms with van der Waals surface area (Å²) in [7, 11) is 0. The Labute approximate surface area is 104 Å². The zero-order chi connectivity index (χ0) is 12.9. The van der Waals surface area contributed by atoms with Crippen LogP contribution < -0.4 is 0 Å². The van der Waals surface area contributed by atoms with Crippen molar-refractivity contribution >= 4 is 5.97 Å². The van der Waals surface area contributed by atoms with E-state index in [-0.39, 0.29) is 5.97 Å². The molecule has 17 heavy (non-hydrogen) atoms. The molecule has 0 unspecified atom stereocenters. The molecule has 2 heteroatoms. The third-order valence-corrected chi connectivity index (χ3v) is 2.44. The van der Waals surface area contributed by atoms with Gasteiger partial charge in [0.1, 0.15) is 5.60 Å². The molecule has 0 aromatic heterocycles. The molecule has 94 valence electrons. The monoisotopic (exact) mass is 234 g/mol. The quantitative estimate of drug-likeness (QED) is 0.736. The van der Waals surface area contributed by atoms with E-state index in [1.807, 2.05) is 45.0 Å². The van der Waals surface area contributed by atoms with E-state index in [9.17, 15) is 4.79 Å². The summed E-state index contributed by atoms with van der Waals surface area (Å²) in [6.45, 7) is 7.81. The van der Waals surface area contributed by atoms with Gasteiger partial charge in [0.15, 0.2) is 0 Å². The molecule has 0 amide bonds. The third kappa shape index (κ3) is 4.59. The molecule has 2 nitrogen and oxygen atoms in total. The Morgan fingerprint density at radius 3 is 2.47 bits per heavy atom. The summed E-state index contributed by atoms with van der Waals surface area (Å²) in [6, 6.07) is 7.71. The van der Waals surface area contributed by atoms with Crippen molar-refractivity contribution in [2.75, 3.05) is 0 Å². The molecule has 0 bridgehead atoms.